The molecule has 24 heavy (non-hydrogen) atoms. The summed E-state index contributed by atoms with van der Waals surface area (Å²) in [6.45, 7) is 1.66. The zero-order valence-corrected chi connectivity index (χ0v) is 14.3. The molecule has 0 aliphatic carbocycles. The van der Waals surface area contributed by atoms with Crippen molar-refractivity contribution in [1.29, 1.82) is 0 Å². The van der Waals surface area contributed by atoms with Crippen molar-refractivity contribution in [3.05, 3.63) is 35.9 Å². The maximum atomic E-state index is 12.5. The van der Waals surface area contributed by atoms with Crippen LogP contribution in [0.2, 0.25) is 0 Å². The van der Waals surface area contributed by atoms with Crippen LogP contribution in [0, 0.1) is 5.92 Å². The van der Waals surface area contributed by atoms with E-state index in [-0.39, 0.29) is 6.42 Å². The van der Waals surface area contributed by atoms with Gasteiger partial charge in [0, 0.05) is 7.11 Å². The van der Waals surface area contributed by atoms with Gasteiger partial charge in [-0.25, -0.2) is 4.79 Å². The van der Waals surface area contributed by atoms with E-state index in [2.05, 4.69) is 10.1 Å². The first-order valence-corrected chi connectivity index (χ1v) is 7.47. The summed E-state index contributed by atoms with van der Waals surface area (Å²) < 4.78 is 14.6. The van der Waals surface area contributed by atoms with E-state index in [0.29, 0.717) is 5.56 Å². The van der Waals surface area contributed by atoms with E-state index in [1.165, 1.54) is 21.3 Å². The van der Waals surface area contributed by atoms with Crippen molar-refractivity contribution in [2.45, 2.75) is 25.5 Å². The molecule has 0 unspecified atom stereocenters. The number of hydrogen-bond acceptors (Lipinski definition) is 6. The maximum Gasteiger partial charge on any atom is 0.328 e. The highest BCUT2D eigenvalue weighted by atomic mass is 16.5. The lowest BCUT2D eigenvalue weighted by Crippen LogP contribution is -2.48. The molecule has 0 spiro atoms. The molecule has 0 heterocycles. The Kier molecular flexibility index (Phi) is 7.91. The third kappa shape index (κ3) is 5.34. The first-order chi connectivity index (χ1) is 11.4. The van der Waals surface area contributed by atoms with Crippen molar-refractivity contribution in [3.63, 3.8) is 0 Å². The van der Waals surface area contributed by atoms with Crippen molar-refractivity contribution in [2.75, 3.05) is 21.3 Å². The topological polar surface area (TPSA) is 90.9 Å². The lowest BCUT2D eigenvalue weighted by atomic mass is 9.97. The molecule has 1 aromatic carbocycles. The van der Waals surface area contributed by atoms with Crippen molar-refractivity contribution < 1.29 is 28.6 Å². The molecule has 7 nitrogen and oxygen atoms in total. The first kappa shape index (κ1) is 19.6. The standard InChI is InChI=1S/C17H23NO6/c1-11(10-13(19)22-2)14(17(21)24-4)18-16(20)15(23-3)12-8-6-5-7-9-12/h5-9,11,14-15H,10H2,1-4H3,(H,18,20)/t11-,14-,15-/m1/s1. The third-order valence-electron chi connectivity index (χ3n) is 3.61. The lowest BCUT2D eigenvalue weighted by molar-refractivity contribution is -0.150. The molecule has 0 saturated carbocycles. The van der Waals surface area contributed by atoms with Gasteiger partial charge in [-0.3, -0.25) is 9.59 Å². The number of ether oxygens (including phenoxy) is 3. The number of amides is 1. The van der Waals surface area contributed by atoms with Gasteiger partial charge >= 0.3 is 11.9 Å². The van der Waals surface area contributed by atoms with E-state index in [1.54, 1.807) is 31.2 Å². The van der Waals surface area contributed by atoms with Gasteiger partial charge in [-0.15, -0.1) is 0 Å². The van der Waals surface area contributed by atoms with Crippen LogP contribution in [0.25, 0.3) is 0 Å². The van der Waals surface area contributed by atoms with Crippen LogP contribution in [0.1, 0.15) is 25.0 Å². The summed E-state index contributed by atoms with van der Waals surface area (Å²) in [7, 11) is 3.89. The van der Waals surface area contributed by atoms with E-state index in [9.17, 15) is 14.4 Å². The molecule has 0 aromatic heterocycles. The van der Waals surface area contributed by atoms with Gasteiger partial charge in [0.1, 0.15) is 6.04 Å². The fourth-order valence-electron chi connectivity index (χ4n) is 2.28. The molecule has 0 saturated heterocycles. The second-order valence-electron chi connectivity index (χ2n) is 5.29. The van der Waals surface area contributed by atoms with E-state index >= 15 is 0 Å². The van der Waals surface area contributed by atoms with Gasteiger partial charge in [0.15, 0.2) is 6.10 Å². The van der Waals surface area contributed by atoms with Gasteiger partial charge in [-0.2, -0.15) is 0 Å². The number of carbonyl (C=O) groups excluding carboxylic acids is 3. The maximum absolute atomic E-state index is 12.5. The second kappa shape index (κ2) is 9.67. The number of hydrogen-bond donors (Lipinski definition) is 1. The molecule has 1 aromatic rings. The van der Waals surface area contributed by atoms with E-state index in [1.807, 2.05) is 6.07 Å². The molecular weight excluding hydrogens is 314 g/mol. The smallest absolute Gasteiger partial charge is 0.328 e. The van der Waals surface area contributed by atoms with E-state index in [4.69, 9.17) is 9.47 Å². The molecule has 0 aliphatic heterocycles. The molecule has 0 fully saturated rings. The summed E-state index contributed by atoms with van der Waals surface area (Å²) in [4.78, 5) is 35.9. The van der Waals surface area contributed by atoms with Crippen LogP contribution in [-0.2, 0) is 28.6 Å². The van der Waals surface area contributed by atoms with Gasteiger partial charge in [0.2, 0.25) is 0 Å². The fraction of sp³-hybridized carbons (Fsp3) is 0.471. The molecule has 1 N–H and O–H groups in total. The Balaban J connectivity index is 2.90. The quantitative estimate of drug-likeness (QED) is 0.718. The largest absolute Gasteiger partial charge is 0.469 e. The minimum absolute atomic E-state index is 0.0282. The fourth-order valence-corrected chi connectivity index (χ4v) is 2.28. The average Bonchev–Trinajstić information content (AvgIpc) is 2.60. The van der Waals surface area contributed by atoms with Crippen molar-refractivity contribution in [3.8, 4) is 0 Å². The molecule has 1 rings (SSSR count). The Bertz CT molecular complexity index is 559. The second-order valence-corrected chi connectivity index (χ2v) is 5.29. The Morgan fingerprint density at radius 2 is 1.67 bits per heavy atom. The summed E-state index contributed by atoms with van der Waals surface area (Å²) in [5, 5.41) is 2.60. The predicted molar refractivity (Wildman–Crippen MR) is 85.9 cm³/mol. The molecule has 3 atom stereocenters. The van der Waals surface area contributed by atoms with Crippen LogP contribution in [-0.4, -0.2) is 45.2 Å². The van der Waals surface area contributed by atoms with Crippen molar-refractivity contribution >= 4 is 17.8 Å². The first-order valence-electron chi connectivity index (χ1n) is 7.47. The van der Waals surface area contributed by atoms with Gasteiger partial charge in [0.05, 0.1) is 20.6 Å². The van der Waals surface area contributed by atoms with Crippen LogP contribution in [0.15, 0.2) is 30.3 Å². The van der Waals surface area contributed by atoms with E-state index < -0.39 is 35.9 Å². The summed E-state index contributed by atoms with van der Waals surface area (Å²) in [5.41, 5.74) is 0.654. The molecule has 7 heteroatoms. The van der Waals surface area contributed by atoms with Gasteiger partial charge in [-0.05, 0) is 11.5 Å². The van der Waals surface area contributed by atoms with Crippen LogP contribution in [0.3, 0.4) is 0 Å². The normalized spacial score (nSPS) is 14.2. The van der Waals surface area contributed by atoms with Crippen molar-refractivity contribution in [2.24, 2.45) is 5.92 Å². The minimum Gasteiger partial charge on any atom is -0.469 e. The molecule has 0 aliphatic rings. The SMILES string of the molecule is COC(=O)C[C@@H](C)[C@@H](NC(=O)[C@H](OC)c1ccccc1)C(=O)OC. The molecule has 1 amide bonds. The number of benzene rings is 1. The van der Waals surface area contributed by atoms with Crippen molar-refractivity contribution in [1.82, 2.24) is 5.32 Å². The Morgan fingerprint density at radius 3 is 2.17 bits per heavy atom. The van der Waals surface area contributed by atoms with Crippen LogP contribution < -0.4 is 5.32 Å². The van der Waals surface area contributed by atoms with Gasteiger partial charge in [0.25, 0.3) is 5.91 Å². The Hall–Kier alpha value is -2.41. The number of esters is 2. The summed E-state index contributed by atoms with van der Waals surface area (Å²) in [5.74, 6) is -2.10. The molecular formula is C17H23NO6. The zero-order valence-electron chi connectivity index (χ0n) is 14.3. The van der Waals surface area contributed by atoms with Gasteiger partial charge < -0.3 is 19.5 Å². The monoisotopic (exact) mass is 337 g/mol. The molecule has 132 valence electrons. The Morgan fingerprint density at radius 1 is 1.04 bits per heavy atom. The average molecular weight is 337 g/mol. The molecule has 0 radical (unpaired) electrons. The summed E-state index contributed by atoms with van der Waals surface area (Å²) >= 11 is 0. The number of carbonyl (C=O) groups is 3. The minimum atomic E-state index is -0.983. The highest BCUT2D eigenvalue weighted by Gasteiger charge is 2.32. The zero-order chi connectivity index (χ0) is 18.1. The summed E-state index contributed by atoms with van der Waals surface area (Å²) in [6, 6.07) is 7.91. The highest BCUT2D eigenvalue weighted by molar-refractivity contribution is 5.88. The lowest BCUT2D eigenvalue weighted by Gasteiger charge is -2.24. The van der Waals surface area contributed by atoms with E-state index in [0.717, 1.165) is 0 Å². The highest BCUT2D eigenvalue weighted by Crippen LogP contribution is 2.18. The predicted octanol–water partition coefficient (Wildman–Crippen LogP) is 1.23. The summed E-state index contributed by atoms with van der Waals surface area (Å²) in [6.07, 6.45) is -0.900. The molecule has 0 bridgehead atoms. The van der Waals surface area contributed by atoms with Crippen LogP contribution >= 0.6 is 0 Å². The van der Waals surface area contributed by atoms with Crippen LogP contribution in [0.4, 0.5) is 0 Å². The van der Waals surface area contributed by atoms with Gasteiger partial charge in [-0.1, -0.05) is 37.3 Å². The number of nitrogens with one attached hydrogen (secondary N) is 1. The third-order valence-corrected chi connectivity index (χ3v) is 3.61. The Labute approximate surface area is 141 Å². The number of rotatable bonds is 8. The number of methoxy groups -OCH3 is 3. The van der Waals surface area contributed by atoms with Crippen LogP contribution in [0.5, 0.6) is 0 Å².